The van der Waals surface area contributed by atoms with Gasteiger partial charge >= 0.3 is 0 Å². The van der Waals surface area contributed by atoms with Crippen molar-refractivity contribution in [2.45, 2.75) is 6.54 Å². The van der Waals surface area contributed by atoms with Gasteiger partial charge in [0, 0.05) is 50.2 Å². The Bertz CT molecular complexity index is 351. The summed E-state index contributed by atoms with van der Waals surface area (Å²) >= 11 is 3.46. The summed E-state index contributed by atoms with van der Waals surface area (Å²) in [6.07, 6.45) is 0. The molecular weight excluding hydrogens is 283 g/mol. The van der Waals surface area contributed by atoms with E-state index >= 15 is 0 Å². The molecule has 1 saturated heterocycles. The molecule has 0 atom stereocenters. The van der Waals surface area contributed by atoms with Crippen LogP contribution in [0.4, 0.5) is 4.39 Å². The number of nitrogens with zero attached hydrogens (tertiary/aromatic N) is 2. The highest BCUT2D eigenvalue weighted by Gasteiger charge is 2.17. The summed E-state index contributed by atoms with van der Waals surface area (Å²) in [5.74, 6) is -0.0876. The molecule has 94 valence electrons. The van der Waals surface area contributed by atoms with Crippen molar-refractivity contribution in [3.8, 4) is 0 Å². The van der Waals surface area contributed by atoms with Gasteiger partial charge < -0.3 is 0 Å². The molecule has 1 aliphatic rings. The Kier molecular flexibility index (Phi) is 4.95. The predicted molar refractivity (Wildman–Crippen MR) is 71.9 cm³/mol. The third kappa shape index (κ3) is 3.76. The van der Waals surface area contributed by atoms with Gasteiger partial charge in [-0.2, -0.15) is 0 Å². The summed E-state index contributed by atoms with van der Waals surface area (Å²) in [5, 5.41) is 1.03. The average molecular weight is 301 g/mol. The van der Waals surface area contributed by atoms with Crippen molar-refractivity contribution in [2.24, 2.45) is 0 Å². The minimum atomic E-state index is -0.0876. The summed E-state index contributed by atoms with van der Waals surface area (Å²) < 4.78 is 13.5. The lowest BCUT2D eigenvalue weighted by Gasteiger charge is -2.34. The fourth-order valence-electron chi connectivity index (χ4n) is 2.16. The van der Waals surface area contributed by atoms with Crippen molar-refractivity contribution < 1.29 is 4.39 Å². The van der Waals surface area contributed by atoms with Crippen molar-refractivity contribution in [1.29, 1.82) is 0 Å². The molecule has 0 spiro atoms. The molecule has 4 heteroatoms. The van der Waals surface area contributed by atoms with Crippen LogP contribution in [-0.2, 0) is 6.54 Å². The number of halogens is 2. The SMILES string of the molecule is Fc1ccccc1CN1CCN(CCBr)CC1. The molecule has 2 rings (SSSR count). The van der Waals surface area contributed by atoms with Crippen LogP contribution in [0.3, 0.4) is 0 Å². The molecule has 1 aromatic carbocycles. The van der Waals surface area contributed by atoms with Gasteiger partial charge in [0.25, 0.3) is 0 Å². The van der Waals surface area contributed by atoms with Gasteiger partial charge in [0.1, 0.15) is 5.82 Å². The van der Waals surface area contributed by atoms with Gasteiger partial charge in [-0.25, -0.2) is 4.39 Å². The van der Waals surface area contributed by atoms with Crippen LogP contribution in [0.5, 0.6) is 0 Å². The second-order valence-corrected chi connectivity index (χ2v) is 5.19. The molecule has 1 aliphatic heterocycles. The van der Waals surface area contributed by atoms with E-state index < -0.39 is 0 Å². The van der Waals surface area contributed by atoms with E-state index in [0.29, 0.717) is 0 Å². The van der Waals surface area contributed by atoms with Crippen LogP contribution in [-0.4, -0.2) is 47.9 Å². The van der Waals surface area contributed by atoms with Crippen LogP contribution in [0.25, 0.3) is 0 Å². The van der Waals surface area contributed by atoms with E-state index in [4.69, 9.17) is 0 Å². The molecule has 0 saturated carbocycles. The third-order valence-corrected chi connectivity index (χ3v) is 3.57. The summed E-state index contributed by atoms with van der Waals surface area (Å²) in [5.41, 5.74) is 0.807. The maximum absolute atomic E-state index is 13.5. The second kappa shape index (κ2) is 6.47. The van der Waals surface area contributed by atoms with E-state index in [2.05, 4.69) is 25.7 Å². The fraction of sp³-hybridized carbons (Fsp3) is 0.538. The Hall–Kier alpha value is -0.450. The van der Waals surface area contributed by atoms with Crippen LogP contribution in [0.15, 0.2) is 24.3 Å². The maximum Gasteiger partial charge on any atom is 0.127 e. The van der Waals surface area contributed by atoms with E-state index in [9.17, 15) is 4.39 Å². The highest BCUT2D eigenvalue weighted by atomic mass is 79.9. The van der Waals surface area contributed by atoms with Crippen molar-refractivity contribution in [3.63, 3.8) is 0 Å². The Balaban J connectivity index is 1.84. The standard InChI is InChI=1S/C13H18BrFN2/c14-5-6-16-7-9-17(10-8-16)11-12-3-1-2-4-13(12)15/h1-4H,5-11H2. The number of hydrogen-bond donors (Lipinski definition) is 0. The second-order valence-electron chi connectivity index (χ2n) is 4.40. The molecule has 1 heterocycles. The number of alkyl halides is 1. The van der Waals surface area contributed by atoms with Crippen molar-refractivity contribution >= 4 is 15.9 Å². The minimum Gasteiger partial charge on any atom is -0.300 e. The quantitative estimate of drug-likeness (QED) is 0.788. The van der Waals surface area contributed by atoms with Crippen molar-refractivity contribution in [2.75, 3.05) is 38.1 Å². The van der Waals surface area contributed by atoms with Crippen LogP contribution < -0.4 is 0 Å². The first-order valence-electron chi connectivity index (χ1n) is 6.03. The van der Waals surface area contributed by atoms with Gasteiger partial charge in [0.05, 0.1) is 0 Å². The Labute approximate surface area is 111 Å². The molecule has 2 nitrogen and oxygen atoms in total. The topological polar surface area (TPSA) is 6.48 Å². The van der Waals surface area contributed by atoms with E-state index in [-0.39, 0.29) is 5.82 Å². The normalized spacial score (nSPS) is 18.5. The Morgan fingerprint density at radius 1 is 1.06 bits per heavy atom. The maximum atomic E-state index is 13.5. The summed E-state index contributed by atoms with van der Waals surface area (Å²) in [6.45, 7) is 6.06. The summed E-state index contributed by atoms with van der Waals surface area (Å²) in [6, 6.07) is 7.06. The smallest absolute Gasteiger partial charge is 0.127 e. The van der Waals surface area contributed by atoms with Gasteiger partial charge in [0.15, 0.2) is 0 Å². The first-order valence-corrected chi connectivity index (χ1v) is 7.16. The van der Waals surface area contributed by atoms with Crippen LogP contribution in [0, 0.1) is 5.82 Å². The van der Waals surface area contributed by atoms with Gasteiger partial charge in [0.2, 0.25) is 0 Å². The van der Waals surface area contributed by atoms with E-state index in [1.54, 1.807) is 6.07 Å². The molecule has 0 N–H and O–H groups in total. The molecule has 1 aromatic rings. The van der Waals surface area contributed by atoms with Crippen LogP contribution in [0.2, 0.25) is 0 Å². The highest BCUT2D eigenvalue weighted by molar-refractivity contribution is 9.09. The molecule has 0 radical (unpaired) electrons. The molecule has 0 aromatic heterocycles. The zero-order chi connectivity index (χ0) is 12.1. The van der Waals surface area contributed by atoms with E-state index in [1.807, 2.05) is 12.1 Å². The molecule has 17 heavy (non-hydrogen) atoms. The Morgan fingerprint density at radius 2 is 1.71 bits per heavy atom. The summed E-state index contributed by atoms with van der Waals surface area (Å²) in [4.78, 5) is 4.76. The van der Waals surface area contributed by atoms with Crippen LogP contribution in [0.1, 0.15) is 5.56 Å². The average Bonchev–Trinajstić information content (AvgIpc) is 2.35. The first kappa shape index (κ1) is 13.0. The first-order chi connectivity index (χ1) is 8.29. The molecule has 0 aliphatic carbocycles. The fourth-order valence-corrected chi connectivity index (χ4v) is 2.66. The number of piperazine rings is 1. The zero-order valence-electron chi connectivity index (χ0n) is 9.91. The van der Waals surface area contributed by atoms with E-state index in [0.717, 1.165) is 50.2 Å². The summed E-state index contributed by atoms with van der Waals surface area (Å²) in [7, 11) is 0. The lowest BCUT2D eigenvalue weighted by Crippen LogP contribution is -2.46. The molecular formula is C13H18BrFN2. The van der Waals surface area contributed by atoms with Gasteiger partial charge in [-0.05, 0) is 6.07 Å². The number of benzene rings is 1. The zero-order valence-corrected chi connectivity index (χ0v) is 11.5. The highest BCUT2D eigenvalue weighted by Crippen LogP contribution is 2.11. The number of rotatable bonds is 4. The minimum absolute atomic E-state index is 0.0876. The van der Waals surface area contributed by atoms with Crippen molar-refractivity contribution in [3.05, 3.63) is 35.6 Å². The van der Waals surface area contributed by atoms with Gasteiger partial charge in [-0.3, -0.25) is 9.80 Å². The predicted octanol–water partition coefficient (Wildman–Crippen LogP) is 2.34. The largest absolute Gasteiger partial charge is 0.300 e. The Morgan fingerprint density at radius 3 is 2.35 bits per heavy atom. The lowest BCUT2D eigenvalue weighted by molar-refractivity contribution is 0.132. The van der Waals surface area contributed by atoms with E-state index in [1.165, 1.54) is 6.07 Å². The lowest BCUT2D eigenvalue weighted by atomic mass is 10.2. The van der Waals surface area contributed by atoms with Crippen molar-refractivity contribution in [1.82, 2.24) is 9.80 Å². The van der Waals surface area contributed by atoms with Gasteiger partial charge in [-0.15, -0.1) is 0 Å². The molecule has 1 fully saturated rings. The molecule has 0 amide bonds. The van der Waals surface area contributed by atoms with Gasteiger partial charge in [-0.1, -0.05) is 34.1 Å². The monoisotopic (exact) mass is 300 g/mol. The number of hydrogen-bond acceptors (Lipinski definition) is 2. The third-order valence-electron chi connectivity index (χ3n) is 3.22. The molecule has 0 bridgehead atoms. The van der Waals surface area contributed by atoms with Crippen LogP contribution >= 0.6 is 15.9 Å². The molecule has 0 unspecified atom stereocenters.